The third-order valence-corrected chi connectivity index (χ3v) is 2.53. The van der Waals surface area contributed by atoms with Crippen molar-refractivity contribution in [2.75, 3.05) is 5.73 Å². The molecule has 0 aliphatic heterocycles. The van der Waals surface area contributed by atoms with Crippen LogP contribution in [0.4, 0.5) is 5.82 Å². The molecular formula is C12H14N2O2. The Balaban J connectivity index is 2.76. The van der Waals surface area contributed by atoms with Crippen molar-refractivity contribution < 1.29 is 4.42 Å². The number of fused-ring (bicyclic) bond motifs is 1. The molecule has 0 aliphatic carbocycles. The molecule has 0 fully saturated rings. The smallest absolute Gasteiger partial charge is 0.408 e. The normalized spacial score (nSPS) is 11.9. The van der Waals surface area contributed by atoms with Crippen LogP contribution < -0.4 is 11.5 Å². The number of hydrogen-bond acceptors (Lipinski definition) is 4. The van der Waals surface area contributed by atoms with Gasteiger partial charge in [0.15, 0.2) is 0 Å². The molecule has 16 heavy (non-hydrogen) atoms. The second-order valence-electron chi connectivity index (χ2n) is 4.83. The van der Waals surface area contributed by atoms with E-state index in [0.29, 0.717) is 11.0 Å². The molecule has 2 aromatic rings. The highest BCUT2D eigenvalue weighted by molar-refractivity contribution is 5.86. The van der Waals surface area contributed by atoms with Crippen molar-refractivity contribution in [2.45, 2.75) is 26.2 Å². The highest BCUT2D eigenvalue weighted by atomic mass is 16.4. The number of benzene rings is 1. The minimum Gasteiger partial charge on any atom is -0.408 e. The van der Waals surface area contributed by atoms with Crippen LogP contribution in [-0.4, -0.2) is 4.98 Å². The minimum absolute atomic E-state index is 0.00475. The van der Waals surface area contributed by atoms with E-state index < -0.39 is 5.76 Å². The fourth-order valence-electron chi connectivity index (χ4n) is 1.56. The Labute approximate surface area is 93.1 Å². The maximum atomic E-state index is 11.1. The van der Waals surface area contributed by atoms with Gasteiger partial charge in [0.05, 0.1) is 5.39 Å². The first-order chi connectivity index (χ1) is 7.38. The Hall–Kier alpha value is -1.84. The van der Waals surface area contributed by atoms with Gasteiger partial charge in [0.1, 0.15) is 11.4 Å². The first-order valence-corrected chi connectivity index (χ1v) is 5.09. The van der Waals surface area contributed by atoms with Crippen molar-refractivity contribution in [2.24, 2.45) is 0 Å². The molecule has 2 rings (SSSR count). The van der Waals surface area contributed by atoms with E-state index in [0.717, 1.165) is 5.56 Å². The van der Waals surface area contributed by atoms with E-state index >= 15 is 0 Å². The Morgan fingerprint density at radius 2 is 2.00 bits per heavy atom. The van der Waals surface area contributed by atoms with Crippen LogP contribution >= 0.6 is 0 Å². The molecule has 0 amide bonds. The van der Waals surface area contributed by atoms with Crippen LogP contribution in [0.15, 0.2) is 27.4 Å². The Kier molecular flexibility index (Phi) is 2.22. The largest absolute Gasteiger partial charge is 0.441 e. The summed E-state index contributed by atoms with van der Waals surface area (Å²) in [6.07, 6.45) is 0. The standard InChI is InChI=1S/C12H14N2O2/c1-12(2,3)7-4-5-8-9(6-7)16-11(15)14-10(8)13/h4-6H,1-3H3,(H2,13,14,15). The summed E-state index contributed by atoms with van der Waals surface area (Å²) in [6, 6.07) is 5.65. The molecule has 4 heteroatoms. The fourth-order valence-corrected chi connectivity index (χ4v) is 1.56. The zero-order chi connectivity index (χ0) is 11.9. The van der Waals surface area contributed by atoms with Crippen molar-refractivity contribution in [3.8, 4) is 0 Å². The van der Waals surface area contributed by atoms with E-state index in [2.05, 4.69) is 25.8 Å². The number of nitrogens with two attached hydrogens (primary N) is 1. The lowest BCUT2D eigenvalue weighted by Crippen LogP contribution is -2.12. The first kappa shape index (κ1) is 10.7. The molecule has 1 aromatic carbocycles. The van der Waals surface area contributed by atoms with Gasteiger partial charge >= 0.3 is 5.76 Å². The molecule has 0 radical (unpaired) electrons. The van der Waals surface area contributed by atoms with Crippen LogP contribution in [0.5, 0.6) is 0 Å². The SMILES string of the molecule is CC(C)(C)c1ccc2c(N)nc(=O)oc2c1. The van der Waals surface area contributed by atoms with Gasteiger partial charge in [-0.15, -0.1) is 0 Å². The minimum atomic E-state index is -0.656. The lowest BCUT2D eigenvalue weighted by molar-refractivity contribution is 0.529. The lowest BCUT2D eigenvalue weighted by atomic mass is 9.87. The van der Waals surface area contributed by atoms with Gasteiger partial charge in [0, 0.05) is 0 Å². The monoisotopic (exact) mass is 218 g/mol. The number of aromatic nitrogens is 1. The van der Waals surface area contributed by atoms with E-state index in [1.807, 2.05) is 18.2 Å². The fraction of sp³-hybridized carbons (Fsp3) is 0.333. The van der Waals surface area contributed by atoms with E-state index in [1.54, 1.807) is 0 Å². The van der Waals surface area contributed by atoms with Gasteiger partial charge in [-0.25, -0.2) is 4.79 Å². The van der Waals surface area contributed by atoms with Gasteiger partial charge in [-0.2, -0.15) is 4.98 Å². The van der Waals surface area contributed by atoms with Crippen molar-refractivity contribution in [3.05, 3.63) is 34.3 Å². The molecule has 0 spiro atoms. The van der Waals surface area contributed by atoms with E-state index in [-0.39, 0.29) is 11.2 Å². The van der Waals surface area contributed by atoms with Crippen LogP contribution in [-0.2, 0) is 5.41 Å². The predicted octanol–water partition coefficient (Wildman–Crippen LogP) is 2.07. The average molecular weight is 218 g/mol. The van der Waals surface area contributed by atoms with Gasteiger partial charge in [0.2, 0.25) is 0 Å². The van der Waals surface area contributed by atoms with Crippen molar-refractivity contribution >= 4 is 16.8 Å². The highest BCUT2D eigenvalue weighted by Gasteiger charge is 2.15. The molecule has 2 N–H and O–H groups in total. The number of anilines is 1. The maximum absolute atomic E-state index is 11.1. The molecule has 1 aromatic heterocycles. The van der Waals surface area contributed by atoms with E-state index in [9.17, 15) is 4.79 Å². The molecule has 0 aliphatic rings. The van der Waals surface area contributed by atoms with Gasteiger partial charge in [0.25, 0.3) is 0 Å². The quantitative estimate of drug-likeness (QED) is 0.734. The zero-order valence-electron chi connectivity index (χ0n) is 9.57. The Morgan fingerprint density at radius 1 is 1.31 bits per heavy atom. The van der Waals surface area contributed by atoms with Crippen LogP contribution in [0.25, 0.3) is 11.0 Å². The number of hydrogen-bond donors (Lipinski definition) is 1. The molecule has 0 saturated heterocycles. The summed E-state index contributed by atoms with van der Waals surface area (Å²) in [6.45, 7) is 6.28. The van der Waals surface area contributed by atoms with E-state index in [4.69, 9.17) is 10.2 Å². The highest BCUT2D eigenvalue weighted by Crippen LogP contribution is 2.26. The van der Waals surface area contributed by atoms with Crippen molar-refractivity contribution in [1.82, 2.24) is 4.98 Å². The molecule has 0 bridgehead atoms. The summed E-state index contributed by atoms with van der Waals surface area (Å²) in [5, 5.41) is 0.674. The summed E-state index contributed by atoms with van der Waals surface area (Å²) in [5.41, 5.74) is 7.23. The Bertz CT molecular complexity index is 594. The molecule has 1 heterocycles. The van der Waals surface area contributed by atoms with Gasteiger partial charge in [-0.05, 0) is 23.1 Å². The number of nitrogens with zero attached hydrogens (tertiary/aromatic N) is 1. The van der Waals surface area contributed by atoms with Crippen molar-refractivity contribution in [3.63, 3.8) is 0 Å². The lowest BCUT2D eigenvalue weighted by Gasteiger charge is -2.18. The Morgan fingerprint density at radius 3 is 2.62 bits per heavy atom. The molecule has 0 saturated carbocycles. The second kappa shape index (κ2) is 3.33. The average Bonchev–Trinajstić information content (AvgIpc) is 2.15. The molecule has 4 nitrogen and oxygen atoms in total. The summed E-state index contributed by atoms with van der Waals surface area (Å²) >= 11 is 0. The van der Waals surface area contributed by atoms with Crippen LogP contribution in [0.1, 0.15) is 26.3 Å². The number of rotatable bonds is 0. The summed E-state index contributed by atoms with van der Waals surface area (Å²) in [4.78, 5) is 14.7. The van der Waals surface area contributed by atoms with Crippen molar-refractivity contribution in [1.29, 1.82) is 0 Å². The molecule has 0 unspecified atom stereocenters. The van der Waals surface area contributed by atoms with Gasteiger partial charge < -0.3 is 10.2 Å². The molecule has 0 atom stereocenters. The molecular weight excluding hydrogens is 204 g/mol. The second-order valence-corrected chi connectivity index (χ2v) is 4.83. The summed E-state index contributed by atoms with van der Waals surface area (Å²) < 4.78 is 5.03. The van der Waals surface area contributed by atoms with Gasteiger partial charge in [-0.3, -0.25) is 0 Å². The third kappa shape index (κ3) is 1.78. The zero-order valence-corrected chi connectivity index (χ0v) is 9.57. The molecule has 84 valence electrons. The van der Waals surface area contributed by atoms with E-state index in [1.165, 1.54) is 0 Å². The topological polar surface area (TPSA) is 69.1 Å². The van der Waals surface area contributed by atoms with Gasteiger partial charge in [-0.1, -0.05) is 26.8 Å². The van der Waals surface area contributed by atoms with Crippen LogP contribution in [0.3, 0.4) is 0 Å². The van der Waals surface area contributed by atoms with Crippen LogP contribution in [0, 0.1) is 0 Å². The third-order valence-electron chi connectivity index (χ3n) is 2.53. The first-order valence-electron chi connectivity index (χ1n) is 5.09. The summed E-state index contributed by atoms with van der Waals surface area (Å²) in [7, 11) is 0. The number of nitrogen functional groups attached to an aromatic ring is 1. The summed E-state index contributed by atoms with van der Waals surface area (Å²) in [5.74, 6) is -0.442. The predicted molar refractivity (Wildman–Crippen MR) is 63.4 cm³/mol. The van der Waals surface area contributed by atoms with Crippen LogP contribution in [0.2, 0.25) is 0 Å². The maximum Gasteiger partial charge on any atom is 0.441 e.